The molecule has 0 aliphatic rings. The molecule has 6 heteroatoms. The van der Waals surface area contributed by atoms with Gasteiger partial charge in [-0.1, -0.05) is 38.1 Å². The second-order valence-corrected chi connectivity index (χ2v) is 7.09. The molecule has 25 heavy (non-hydrogen) atoms. The quantitative estimate of drug-likeness (QED) is 0.899. The van der Waals surface area contributed by atoms with Gasteiger partial charge in [0.1, 0.15) is 5.76 Å². The average Bonchev–Trinajstić information content (AvgIpc) is 2.91. The molecule has 0 spiro atoms. The van der Waals surface area contributed by atoms with E-state index >= 15 is 0 Å². The first-order valence-corrected chi connectivity index (χ1v) is 8.28. The lowest BCUT2D eigenvalue weighted by Gasteiger charge is -2.23. The van der Waals surface area contributed by atoms with Gasteiger partial charge < -0.3 is 14.7 Å². The van der Waals surface area contributed by atoms with Crippen LogP contribution >= 0.6 is 0 Å². The molecular weight excluding hydrogens is 318 g/mol. The molecule has 6 nitrogen and oxygen atoms in total. The highest BCUT2D eigenvalue weighted by Crippen LogP contribution is 2.25. The summed E-state index contributed by atoms with van der Waals surface area (Å²) in [5.41, 5.74) is 2.03. The van der Waals surface area contributed by atoms with Gasteiger partial charge in [0.05, 0.1) is 0 Å². The molecule has 2 aromatic rings. The molecular formula is C19H25N3O3. The van der Waals surface area contributed by atoms with Crippen LogP contribution in [0.1, 0.15) is 45.4 Å². The third-order valence-electron chi connectivity index (χ3n) is 3.88. The topological polar surface area (TPSA) is 75.4 Å². The molecule has 0 atom stereocenters. The smallest absolute Gasteiger partial charge is 0.227 e. The maximum atomic E-state index is 12.0. The minimum atomic E-state index is -0.217. The van der Waals surface area contributed by atoms with Crippen LogP contribution in [0.2, 0.25) is 0 Å². The number of hydrogen-bond donors (Lipinski definition) is 1. The minimum Gasteiger partial charge on any atom is -0.360 e. The van der Waals surface area contributed by atoms with Crippen molar-refractivity contribution in [1.82, 2.24) is 5.16 Å². The van der Waals surface area contributed by atoms with Gasteiger partial charge in [-0.15, -0.1) is 0 Å². The van der Waals surface area contributed by atoms with Crippen LogP contribution in [0.25, 0.3) is 0 Å². The third kappa shape index (κ3) is 5.17. The van der Waals surface area contributed by atoms with E-state index in [1.165, 1.54) is 12.5 Å². The molecule has 1 N–H and O–H groups in total. The van der Waals surface area contributed by atoms with E-state index in [9.17, 15) is 9.59 Å². The molecule has 1 heterocycles. The van der Waals surface area contributed by atoms with Crippen LogP contribution in [-0.2, 0) is 15.0 Å². The van der Waals surface area contributed by atoms with E-state index in [0.29, 0.717) is 18.1 Å². The average molecular weight is 343 g/mol. The van der Waals surface area contributed by atoms with Crippen molar-refractivity contribution in [3.63, 3.8) is 0 Å². The van der Waals surface area contributed by atoms with Crippen molar-refractivity contribution < 1.29 is 14.1 Å². The zero-order chi connectivity index (χ0) is 18.6. The maximum Gasteiger partial charge on any atom is 0.227 e. The molecule has 134 valence electrons. The Morgan fingerprint density at radius 3 is 2.32 bits per heavy atom. The maximum absolute atomic E-state index is 12.0. The Balaban J connectivity index is 2.01. The molecule has 2 amide bonds. The van der Waals surface area contributed by atoms with Crippen molar-refractivity contribution in [2.24, 2.45) is 0 Å². The highest BCUT2D eigenvalue weighted by Gasteiger charge is 2.17. The summed E-state index contributed by atoms with van der Waals surface area (Å²) in [7, 11) is 0. The summed E-state index contributed by atoms with van der Waals surface area (Å²) in [4.78, 5) is 25.6. The molecule has 0 bridgehead atoms. The summed E-state index contributed by atoms with van der Waals surface area (Å²) in [6.07, 6.45) is 0.173. The monoisotopic (exact) mass is 343 g/mol. The summed E-state index contributed by atoms with van der Waals surface area (Å²) in [5, 5.41) is 6.38. The molecule has 0 fully saturated rings. The molecule has 0 saturated heterocycles. The van der Waals surface area contributed by atoms with Gasteiger partial charge in [-0.3, -0.25) is 9.59 Å². The number of carbonyl (C=O) groups is 2. The van der Waals surface area contributed by atoms with Crippen LogP contribution in [0.4, 0.5) is 11.5 Å². The van der Waals surface area contributed by atoms with Gasteiger partial charge in [0.15, 0.2) is 5.82 Å². The number of amides is 2. The predicted molar refractivity (Wildman–Crippen MR) is 97.7 cm³/mol. The predicted octanol–water partition coefficient (Wildman–Crippen LogP) is 3.66. The van der Waals surface area contributed by atoms with Gasteiger partial charge in [0.2, 0.25) is 11.8 Å². The van der Waals surface area contributed by atoms with Crippen LogP contribution in [-0.4, -0.2) is 23.5 Å². The zero-order valence-corrected chi connectivity index (χ0v) is 15.4. The van der Waals surface area contributed by atoms with Gasteiger partial charge in [-0.2, -0.15) is 0 Å². The largest absolute Gasteiger partial charge is 0.360 e. The number of nitrogens with zero attached hydrogens (tertiary/aromatic N) is 2. The first-order chi connectivity index (χ1) is 11.7. The minimum absolute atomic E-state index is 0.0508. The number of nitrogens with one attached hydrogen (secondary N) is 1. The Kier molecular flexibility index (Phi) is 5.62. The Bertz CT molecular complexity index is 742. The molecule has 0 saturated carbocycles. The van der Waals surface area contributed by atoms with Crippen molar-refractivity contribution in [2.45, 2.75) is 46.5 Å². The number of rotatable bonds is 5. The van der Waals surface area contributed by atoms with Crippen molar-refractivity contribution in [3.05, 3.63) is 41.7 Å². The van der Waals surface area contributed by atoms with Crippen LogP contribution in [0.3, 0.4) is 0 Å². The highest BCUT2D eigenvalue weighted by atomic mass is 16.5. The van der Waals surface area contributed by atoms with Gasteiger partial charge in [0, 0.05) is 31.6 Å². The standard InChI is InChI=1S/C19H25N3O3/c1-13-12-17(21-25-13)20-18(24)10-11-22(14(2)23)16-8-6-15(7-9-16)19(3,4)5/h6-9,12H,10-11H2,1-5H3,(H,20,21,24). The van der Waals surface area contributed by atoms with E-state index in [-0.39, 0.29) is 23.7 Å². The fourth-order valence-electron chi connectivity index (χ4n) is 2.45. The third-order valence-corrected chi connectivity index (χ3v) is 3.88. The van der Waals surface area contributed by atoms with Crippen LogP contribution in [0.5, 0.6) is 0 Å². The van der Waals surface area contributed by atoms with Crippen molar-refractivity contribution in [1.29, 1.82) is 0 Å². The lowest BCUT2D eigenvalue weighted by molar-refractivity contribution is -0.117. The van der Waals surface area contributed by atoms with Crippen LogP contribution in [0, 0.1) is 6.92 Å². The van der Waals surface area contributed by atoms with Crippen LogP contribution in [0.15, 0.2) is 34.9 Å². The fourth-order valence-corrected chi connectivity index (χ4v) is 2.45. The first-order valence-electron chi connectivity index (χ1n) is 8.28. The summed E-state index contributed by atoms with van der Waals surface area (Å²) in [6.45, 7) is 9.97. The SMILES string of the molecule is CC(=O)N(CCC(=O)Nc1cc(C)on1)c1ccc(C(C)(C)C)cc1. The zero-order valence-electron chi connectivity index (χ0n) is 15.4. The summed E-state index contributed by atoms with van der Waals surface area (Å²) >= 11 is 0. The van der Waals surface area contributed by atoms with E-state index in [1.807, 2.05) is 24.3 Å². The van der Waals surface area contributed by atoms with E-state index < -0.39 is 0 Å². The van der Waals surface area contributed by atoms with Crippen molar-refractivity contribution in [3.8, 4) is 0 Å². The van der Waals surface area contributed by atoms with Gasteiger partial charge in [-0.25, -0.2) is 0 Å². The lowest BCUT2D eigenvalue weighted by Crippen LogP contribution is -2.32. The van der Waals surface area contributed by atoms with Crippen molar-refractivity contribution >= 4 is 23.3 Å². The number of carbonyl (C=O) groups excluding carboxylic acids is 2. The van der Waals surface area contributed by atoms with Gasteiger partial charge >= 0.3 is 0 Å². The summed E-state index contributed by atoms with van der Waals surface area (Å²) < 4.78 is 4.91. The Morgan fingerprint density at radius 2 is 1.84 bits per heavy atom. The molecule has 0 radical (unpaired) electrons. The van der Waals surface area contributed by atoms with E-state index in [0.717, 1.165) is 5.69 Å². The fraction of sp³-hybridized carbons (Fsp3) is 0.421. The van der Waals surface area contributed by atoms with Crippen LogP contribution < -0.4 is 10.2 Å². The number of aryl methyl sites for hydroxylation is 1. The lowest BCUT2D eigenvalue weighted by atomic mass is 9.87. The highest BCUT2D eigenvalue weighted by molar-refractivity contribution is 5.94. The number of anilines is 2. The Hall–Kier alpha value is -2.63. The first kappa shape index (κ1) is 18.7. The Morgan fingerprint density at radius 1 is 1.20 bits per heavy atom. The molecule has 2 rings (SSSR count). The summed E-state index contributed by atoms with van der Waals surface area (Å²) in [6, 6.07) is 9.51. The number of hydrogen-bond acceptors (Lipinski definition) is 4. The molecule has 0 aliphatic carbocycles. The van der Waals surface area contributed by atoms with E-state index in [2.05, 4.69) is 31.2 Å². The molecule has 1 aromatic carbocycles. The normalized spacial score (nSPS) is 11.2. The Labute approximate surface area is 148 Å². The summed E-state index contributed by atoms with van der Waals surface area (Å²) in [5.74, 6) is 0.686. The second-order valence-electron chi connectivity index (χ2n) is 7.09. The number of benzene rings is 1. The molecule has 0 unspecified atom stereocenters. The van der Waals surface area contributed by atoms with E-state index in [4.69, 9.17) is 4.52 Å². The van der Waals surface area contributed by atoms with Crippen molar-refractivity contribution in [2.75, 3.05) is 16.8 Å². The van der Waals surface area contributed by atoms with E-state index in [1.54, 1.807) is 17.9 Å². The van der Waals surface area contributed by atoms with Gasteiger partial charge in [-0.05, 0) is 30.0 Å². The molecule has 0 aliphatic heterocycles. The van der Waals surface area contributed by atoms with Gasteiger partial charge in [0.25, 0.3) is 0 Å². The second kappa shape index (κ2) is 7.51. The molecule has 1 aromatic heterocycles. The number of aromatic nitrogens is 1.